The Hall–Kier alpha value is -0.810. The molecule has 0 aromatic heterocycles. The summed E-state index contributed by atoms with van der Waals surface area (Å²) in [5.41, 5.74) is -0.0925. The zero-order valence-corrected chi connectivity index (χ0v) is 8.92. The summed E-state index contributed by atoms with van der Waals surface area (Å²) in [5, 5.41) is 10.7. The van der Waals surface area contributed by atoms with Crippen molar-refractivity contribution in [2.45, 2.75) is 0 Å². The summed E-state index contributed by atoms with van der Waals surface area (Å²) in [6.07, 6.45) is 0. The van der Waals surface area contributed by atoms with E-state index in [0.29, 0.717) is 10.2 Å². The highest BCUT2D eigenvalue weighted by molar-refractivity contribution is 9.10. The van der Waals surface area contributed by atoms with E-state index in [-0.39, 0.29) is 10.7 Å². The van der Waals surface area contributed by atoms with Crippen LogP contribution in [-0.4, -0.2) is 12.0 Å². The maximum Gasteiger partial charge on any atom is 0.274 e. The number of non-ortho nitro benzene ring substituents is 1. The van der Waals surface area contributed by atoms with Crippen molar-refractivity contribution in [3.8, 4) is 5.75 Å². The Balaban J connectivity index is 3.30. The highest BCUT2D eigenvalue weighted by Crippen LogP contribution is 2.35. The smallest absolute Gasteiger partial charge is 0.274 e. The number of ether oxygens (including phenoxy) is 1. The molecule has 1 aromatic rings. The third kappa shape index (κ3) is 2.10. The average molecular weight is 266 g/mol. The van der Waals surface area contributed by atoms with Gasteiger partial charge in [-0.25, -0.2) is 0 Å². The van der Waals surface area contributed by atoms with Gasteiger partial charge in [0.2, 0.25) is 0 Å². The third-order valence-corrected chi connectivity index (χ3v) is 2.75. The van der Waals surface area contributed by atoms with Gasteiger partial charge in [-0.05, 0) is 15.9 Å². The Morgan fingerprint density at radius 1 is 1.62 bits per heavy atom. The molecule has 0 fully saturated rings. The van der Waals surface area contributed by atoms with Gasteiger partial charge in [0.1, 0.15) is 5.75 Å². The summed E-state index contributed by atoms with van der Waals surface area (Å²) in [6.45, 7) is 0. The number of benzene rings is 1. The summed E-state index contributed by atoms with van der Waals surface area (Å²) < 4.78 is 5.40. The maximum absolute atomic E-state index is 10.4. The number of nitrogens with zero attached hydrogens (tertiary/aromatic N) is 1. The van der Waals surface area contributed by atoms with Crippen molar-refractivity contribution in [2.75, 3.05) is 7.11 Å². The summed E-state index contributed by atoms with van der Waals surface area (Å²) in [4.78, 5) is 9.88. The lowest BCUT2D eigenvalue weighted by Crippen LogP contribution is -1.91. The molecule has 4 nitrogen and oxygen atoms in total. The second-order valence-electron chi connectivity index (χ2n) is 2.20. The standard InChI is InChI=1S/C7H5BrClNO3/c1-13-6-3-4(10(11)12)2-5(9)7(6)8/h2-3H,1H3. The van der Waals surface area contributed by atoms with Crippen LogP contribution >= 0.6 is 27.5 Å². The van der Waals surface area contributed by atoms with Crippen LogP contribution in [0, 0.1) is 10.1 Å². The van der Waals surface area contributed by atoms with Gasteiger partial charge in [-0.1, -0.05) is 11.6 Å². The highest BCUT2D eigenvalue weighted by Gasteiger charge is 2.13. The molecule has 0 amide bonds. The zero-order valence-electron chi connectivity index (χ0n) is 6.58. The van der Waals surface area contributed by atoms with Crippen molar-refractivity contribution in [2.24, 2.45) is 0 Å². The first-order chi connectivity index (χ1) is 6.06. The van der Waals surface area contributed by atoms with Crippen molar-refractivity contribution in [1.82, 2.24) is 0 Å². The fourth-order valence-corrected chi connectivity index (χ4v) is 1.40. The Morgan fingerprint density at radius 3 is 2.69 bits per heavy atom. The van der Waals surface area contributed by atoms with Crippen molar-refractivity contribution < 1.29 is 9.66 Å². The topological polar surface area (TPSA) is 52.4 Å². The molecule has 0 aliphatic rings. The molecule has 1 rings (SSSR count). The summed E-state index contributed by atoms with van der Waals surface area (Å²) >= 11 is 8.85. The van der Waals surface area contributed by atoms with Crippen molar-refractivity contribution in [3.05, 3.63) is 31.7 Å². The van der Waals surface area contributed by atoms with Crippen molar-refractivity contribution in [3.63, 3.8) is 0 Å². The van der Waals surface area contributed by atoms with Crippen LogP contribution in [0.3, 0.4) is 0 Å². The monoisotopic (exact) mass is 265 g/mol. The lowest BCUT2D eigenvalue weighted by Gasteiger charge is -2.03. The Morgan fingerprint density at radius 2 is 2.23 bits per heavy atom. The zero-order chi connectivity index (χ0) is 10.0. The maximum atomic E-state index is 10.4. The number of hydrogen-bond donors (Lipinski definition) is 0. The van der Waals surface area contributed by atoms with Gasteiger partial charge in [0.25, 0.3) is 5.69 Å². The number of nitro benzene ring substituents is 1. The molecular weight excluding hydrogens is 261 g/mol. The van der Waals surface area contributed by atoms with Gasteiger partial charge in [0, 0.05) is 6.07 Å². The molecule has 0 heterocycles. The van der Waals surface area contributed by atoms with Gasteiger partial charge in [-0.3, -0.25) is 10.1 Å². The molecule has 0 saturated heterocycles. The molecule has 6 heteroatoms. The number of methoxy groups -OCH3 is 1. The largest absolute Gasteiger partial charge is 0.495 e. The highest BCUT2D eigenvalue weighted by atomic mass is 79.9. The van der Waals surface area contributed by atoms with E-state index in [1.54, 1.807) is 0 Å². The van der Waals surface area contributed by atoms with Crippen LogP contribution in [0.1, 0.15) is 0 Å². The molecular formula is C7H5BrClNO3. The molecule has 70 valence electrons. The number of nitro groups is 1. The predicted octanol–water partition coefficient (Wildman–Crippen LogP) is 3.02. The van der Waals surface area contributed by atoms with Gasteiger partial charge in [-0.2, -0.15) is 0 Å². The van der Waals surface area contributed by atoms with Crippen LogP contribution in [0.15, 0.2) is 16.6 Å². The third-order valence-electron chi connectivity index (χ3n) is 1.41. The van der Waals surface area contributed by atoms with Crippen LogP contribution in [-0.2, 0) is 0 Å². The molecule has 0 bridgehead atoms. The minimum absolute atomic E-state index is 0.0925. The molecule has 0 aliphatic heterocycles. The van der Waals surface area contributed by atoms with E-state index >= 15 is 0 Å². The van der Waals surface area contributed by atoms with Crippen molar-refractivity contribution in [1.29, 1.82) is 0 Å². The molecule has 0 atom stereocenters. The van der Waals surface area contributed by atoms with Gasteiger partial charge < -0.3 is 4.74 Å². The Kier molecular flexibility index (Phi) is 3.11. The Bertz CT molecular complexity index is 356. The SMILES string of the molecule is COc1cc([N+](=O)[O-])cc(Cl)c1Br. The van der Waals surface area contributed by atoms with E-state index in [2.05, 4.69) is 15.9 Å². The van der Waals surface area contributed by atoms with Crippen LogP contribution in [0.5, 0.6) is 5.75 Å². The summed E-state index contributed by atoms with van der Waals surface area (Å²) in [7, 11) is 1.42. The fourth-order valence-electron chi connectivity index (χ4n) is 0.804. The van der Waals surface area contributed by atoms with Crippen LogP contribution in [0.25, 0.3) is 0 Å². The molecule has 0 spiro atoms. The number of halogens is 2. The summed E-state index contributed by atoms with van der Waals surface area (Å²) in [6, 6.07) is 2.56. The normalized spacial score (nSPS) is 9.77. The van der Waals surface area contributed by atoms with Gasteiger partial charge in [0.05, 0.1) is 27.6 Å². The molecule has 0 aliphatic carbocycles. The quantitative estimate of drug-likeness (QED) is 0.611. The van der Waals surface area contributed by atoms with E-state index in [1.165, 1.54) is 19.2 Å². The van der Waals surface area contributed by atoms with E-state index in [1.807, 2.05) is 0 Å². The van der Waals surface area contributed by atoms with Gasteiger partial charge >= 0.3 is 0 Å². The van der Waals surface area contributed by atoms with Crippen LogP contribution < -0.4 is 4.74 Å². The second kappa shape index (κ2) is 3.93. The van der Waals surface area contributed by atoms with E-state index in [9.17, 15) is 10.1 Å². The fraction of sp³-hybridized carbons (Fsp3) is 0.143. The Labute approximate surface area is 87.7 Å². The van der Waals surface area contributed by atoms with Crippen molar-refractivity contribution >= 4 is 33.2 Å². The first-order valence-electron chi connectivity index (χ1n) is 3.23. The van der Waals surface area contributed by atoms with E-state index in [0.717, 1.165) is 0 Å². The van der Waals surface area contributed by atoms with Crippen LogP contribution in [0.4, 0.5) is 5.69 Å². The van der Waals surface area contributed by atoms with E-state index in [4.69, 9.17) is 16.3 Å². The minimum Gasteiger partial charge on any atom is -0.495 e. The molecule has 13 heavy (non-hydrogen) atoms. The van der Waals surface area contributed by atoms with Gasteiger partial charge in [0.15, 0.2) is 0 Å². The first kappa shape index (κ1) is 10.3. The van der Waals surface area contributed by atoms with Crippen LogP contribution in [0.2, 0.25) is 5.02 Å². The molecule has 0 unspecified atom stereocenters. The molecule has 0 saturated carbocycles. The minimum atomic E-state index is -0.527. The van der Waals surface area contributed by atoms with Gasteiger partial charge in [-0.15, -0.1) is 0 Å². The van der Waals surface area contributed by atoms with E-state index < -0.39 is 4.92 Å². The average Bonchev–Trinajstić information content (AvgIpc) is 2.09. The molecule has 1 aromatic carbocycles. The molecule has 0 radical (unpaired) electrons. The lowest BCUT2D eigenvalue weighted by atomic mass is 10.3. The predicted molar refractivity (Wildman–Crippen MR) is 52.4 cm³/mol. The lowest BCUT2D eigenvalue weighted by molar-refractivity contribution is -0.384. The first-order valence-corrected chi connectivity index (χ1v) is 4.40. The number of hydrogen-bond acceptors (Lipinski definition) is 3. The molecule has 0 N–H and O–H groups in total. The summed E-state index contributed by atoms with van der Waals surface area (Å²) in [5.74, 6) is 0.346. The number of rotatable bonds is 2. The second-order valence-corrected chi connectivity index (χ2v) is 3.40.